The topological polar surface area (TPSA) is 139 Å². The predicted octanol–water partition coefficient (Wildman–Crippen LogP) is 5.17. The van der Waals surface area contributed by atoms with Gasteiger partial charge in [0.1, 0.15) is 24.0 Å². The van der Waals surface area contributed by atoms with Gasteiger partial charge in [-0.2, -0.15) is 0 Å². The van der Waals surface area contributed by atoms with E-state index in [0.717, 1.165) is 17.5 Å². The predicted molar refractivity (Wildman–Crippen MR) is 162 cm³/mol. The fourth-order valence-corrected chi connectivity index (χ4v) is 4.47. The minimum Gasteiger partial charge on any atom is -0.496 e. The molecule has 0 spiro atoms. The lowest BCUT2D eigenvalue weighted by Crippen LogP contribution is -2.39. The zero-order valence-electron chi connectivity index (χ0n) is 25.4. The summed E-state index contributed by atoms with van der Waals surface area (Å²) in [6.07, 6.45) is 6.70. The van der Waals surface area contributed by atoms with E-state index >= 15 is 0 Å². The number of likely N-dealkylation sites (tertiary alicyclic amines) is 1. The van der Waals surface area contributed by atoms with E-state index < -0.39 is 17.6 Å². The second-order valence-electron chi connectivity index (χ2n) is 10.6. The van der Waals surface area contributed by atoms with Crippen molar-refractivity contribution in [3.63, 3.8) is 0 Å². The lowest BCUT2D eigenvalue weighted by molar-refractivity contribution is -0.00487. The van der Waals surface area contributed by atoms with Gasteiger partial charge in [0.15, 0.2) is 0 Å². The highest BCUT2D eigenvalue weighted by Gasteiger charge is 2.28. The van der Waals surface area contributed by atoms with Crippen molar-refractivity contribution in [3.8, 4) is 5.75 Å². The van der Waals surface area contributed by atoms with E-state index in [1.165, 1.54) is 7.11 Å². The third kappa shape index (κ3) is 9.04. The zero-order chi connectivity index (χ0) is 30.9. The van der Waals surface area contributed by atoms with Gasteiger partial charge in [0.25, 0.3) is 5.91 Å². The largest absolute Gasteiger partial charge is 0.496 e. The van der Waals surface area contributed by atoms with Crippen LogP contribution in [-0.2, 0) is 17.7 Å². The van der Waals surface area contributed by atoms with Crippen LogP contribution in [0.25, 0.3) is 0 Å². The third-order valence-electron chi connectivity index (χ3n) is 6.65. The Kier molecular flexibility index (Phi) is 11.9. The molecule has 3 rings (SSSR count). The Morgan fingerprint density at radius 3 is 2.51 bits per heavy atom. The number of amides is 2. The number of allylic oxidation sites excluding steroid dienone is 3. The number of amidine groups is 2. The Bertz CT molecular complexity index is 1230. The van der Waals surface area contributed by atoms with Crippen LogP contribution in [0.4, 0.5) is 4.79 Å². The summed E-state index contributed by atoms with van der Waals surface area (Å²) >= 11 is 0. The molecule has 2 amide bonds. The molecular weight excluding hydrogens is 522 g/mol. The second-order valence-corrected chi connectivity index (χ2v) is 10.6. The Balaban J connectivity index is 0.00000287. The number of hydrogen-bond donors (Lipinski definition) is 4. The summed E-state index contributed by atoms with van der Waals surface area (Å²) in [5.74, 6) is 0.765. The average Bonchev–Trinajstić information content (AvgIpc) is 3.27. The van der Waals surface area contributed by atoms with E-state index in [0.29, 0.717) is 53.6 Å². The van der Waals surface area contributed by atoms with Gasteiger partial charge >= 0.3 is 6.09 Å². The number of rotatable bonds is 8. The van der Waals surface area contributed by atoms with Gasteiger partial charge in [0.2, 0.25) is 0 Å². The molecule has 2 aliphatic heterocycles. The quantitative estimate of drug-likeness (QED) is 0.194. The maximum absolute atomic E-state index is 13.1. The number of carbonyl (C=O) groups excluding carboxylic acids is 2. The van der Waals surface area contributed by atoms with Crippen LogP contribution in [0, 0.1) is 10.8 Å². The molecule has 10 heteroatoms. The Labute approximate surface area is 243 Å². The van der Waals surface area contributed by atoms with Crippen molar-refractivity contribution in [2.45, 2.75) is 79.0 Å². The van der Waals surface area contributed by atoms with Gasteiger partial charge < -0.3 is 29.7 Å². The van der Waals surface area contributed by atoms with E-state index in [1.54, 1.807) is 47.9 Å². The van der Waals surface area contributed by atoms with Gasteiger partial charge in [-0.1, -0.05) is 32.6 Å². The molecule has 2 aliphatic rings. The average molecular weight is 568 g/mol. The van der Waals surface area contributed by atoms with Crippen molar-refractivity contribution in [2.75, 3.05) is 20.3 Å². The third-order valence-corrected chi connectivity index (χ3v) is 6.65. The van der Waals surface area contributed by atoms with Gasteiger partial charge in [-0.3, -0.25) is 15.6 Å². The Morgan fingerprint density at radius 1 is 1.24 bits per heavy atom. The number of nitrogens with zero attached hydrogens (tertiary/aromatic N) is 2. The normalized spacial score (nSPS) is 17.0. The van der Waals surface area contributed by atoms with E-state index in [4.69, 9.17) is 20.3 Å². The number of methoxy groups -OCH3 is 1. The first-order valence-corrected chi connectivity index (χ1v) is 14.0. The van der Waals surface area contributed by atoms with Crippen LogP contribution in [0.15, 0.2) is 48.2 Å². The van der Waals surface area contributed by atoms with E-state index in [1.807, 2.05) is 33.8 Å². The minimum atomic E-state index is -1.12. The van der Waals surface area contributed by atoms with E-state index in [9.17, 15) is 14.7 Å². The van der Waals surface area contributed by atoms with Crippen LogP contribution in [0.5, 0.6) is 5.75 Å². The fourth-order valence-electron chi connectivity index (χ4n) is 4.47. The number of aliphatic hydroxyl groups is 1. The van der Waals surface area contributed by atoms with Crippen LogP contribution in [0.3, 0.4) is 0 Å². The molecule has 1 saturated heterocycles. The van der Waals surface area contributed by atoms with Crippen LogP contribution in [0.2, 0.25) is 0 Å². The summed E-state index contributed by atoms with van der Waals surface area (Å²) in [5, 5.41) is 29.1. The summed E-state index contributed by atoms with van der Waals surface area (Å²) in [6, 6.07) is 3.66. The molecule has 41 heavy (non-hydrogen) atoms. The molecule has 2 heterocycles. The van der Waals surface area contributed by atoms with Crippen LogP contribution in [0.1, 0.15) is 75.9 Å². The molecule has 224 valence electrons. The summed E-state index contributed by atoms with van der Waals surface area (Å²) in [6.45, 7) is 15.5. The summed E-state index contributed by atoms with van der Waals surface area (Å²) in [7, 11) is 1.50. The van der Waals surface area contributed by atoms with Gasteiger partial charge in [0.05, 0.1) is 18.3 Å². The highest BCUT2D eigenvalue weighted by molar-refractivity contribution is 6.07. The first kappa shape index (κ1) is 33.3. The van der Waals surface area contributed by atoms with Gasteiger partial charge in [0, 0.05) is 31.2 Å². The lowest BCUT2D eigenvalue weighted by atomic mass is 9.96. The van der Waals surface area contributed by atoms with Crippen molar-refractivity contribution < 1.29 is 24.2 Å². The molecule has 0 bridgehead atoms. The molecule has 1 atom stereocenters. The molecule has 0 radical (unpaired) electrons. The molecule has 4 N–H and O–H groups in total. The molecule has 1 aromatic rings. The summed E-state index contributed by atoms with van der Waals surface area (Å²) in [5.41, 5.74) is 2.04. The first-order valence-electron chi connectivity index (χ1n) is 14.0. The van der Waals surface area contributed by atoms with Crippen molar-refractivity contribution in [3.05, 3.63) is 64.9 Å². The first-order chi connectivity index (χ1) is 19.3. The number of nitrogens with one attached hydrogen (secondary N) is 3. The van der Waals surface area contributed by atoms with Gasteiger partial charge in [-0.05, 0) is 75.4 Å². The fraction of sp³-hybridized carbons (Fsp3) is 0.484. The molecular formula is C31H45N5O5. The SMILES string of the molecule is C=C(/C=C\C=C(/C)C(=N)N1C(=N)CCC1C)NC(=O)c1cc2c(cc1OC)CCN(C(=O)OCC(C)(C)O)C2.CC. The Hall–Kier alpha value is -3.92. The number of fused-ring (bicyclic) bond motifs is 1. The van der Waals surface area contributed by atoms with Crippen molar-refractivity contribution in [1.82, 2.24) is 15.1 Å². The maximum Gasteiger partial charge on any atom is 0.410 e. The summed E-state index contributed by atoms with van der Waals surface area (Å²) < 4.78 is 10.7. The van der Waals surface area contributed by atoms with Gasteiger partial charge in [-0.25, -0.2) is 4.79 Å². The van der Waals surface area contributed by atoms with Crippen molar-refractivity contribution >= 4 is 23.7 Å². The molecule has 0 aliphatic carbocycles. The Morgan fingerprint density at radius 2 is 1.93 bits per heavy atom. The molecule has 1 unspecified atom stereocenters. The van der Waals surface area contributed by atoms with E-state index in [2.05, 4.69) is 11.9 Å². The molecule has 0 saturated carbocycles. The van der Waals surface area contributed by atoms with Crippen LogP contribution in [-0.4, -0.2) is 70.5 Å². The highest BCUT2D eigenvalue weighted by Crippen LogP contribution is 2.29. The van der Waals surface area contributed by atoms with Crippen LogP contribution < -0.4 is 10.1 Å². The standard InChI is InChI=1S/C29H39N5O5.C2H6/c1-18(26(31)34-20(3)10-11-25(34)30)8-7-9-19(2)32-27(35)23-14-22-16-33(28(36)39-17-29(4,5)37)13-12-21(22)15-24(23)38-6;1-2/h7-9,14-15,20,30-31,37H,2,10-13,16-17H2,1,3-6H3,(H,32,35);1-2H3/b9-7-,18-8+,30-25?,31-26?;. The van der Waals surface area contributed by atoms with Crippen molar-refractivity contribution in [1.29, 1.82) is 10.8 Å². The highest BCUT2D eigenvalue weighted by atomic mass is 16.6. The van der Waals surface area contributed by atoms with Crippen LogP contribution >= 0.6 is 0 Å². The number of ether oxygens (including phenoxy) is 2. The van der Waals surface area contributed by atoms with Gasteiger partial charge in [-0.15, -0.1) is 0 Å². The second kappa shape index (κ2) is 14.6. The number of hydrogen-bond acceptors (Lipinski definition) is 7. The lowest BCUT2D eigenvalue weighted by Gasteiger charge is -2.30. The molecule has 1 fully saturated rings. The maximum atomic E-state index is 13.1. The smallest absolute Gasteiger partial charge is 0.410 e. The van der Waals surface area contributed by atoms with E-state index in [-0.39, 0.29) is 19.2 Å². The number of benzene rings is 1. The zero-order valence-corrected chi connectivity index (χ0v) is 25.4. The molecule has 10 nitrogen and oxygen atoms in total. The monoisotopic (exact) mass is 567 g/mol. The summed E-state index contributed by atoms with van der Waals surface area (Å²) in [4.78, 5) is 28.9. The molecule has 0 aromatic heterocycles. The van der Waals surface area contributed by atoms with Crippen molar-refractivity contribution in [2.24, 2.45) is 0 Å². The number of carbonyl (C=O) groups is 2. The molecule has 1 aromatic carbocycles. The minimum absolute atomic E-state index is 0.113.